The molecule has 1 saturated carbocycles. The average Bonchev–Trinajstić information content (AvgIpc) is 3.55. The van der Waals surface area contributed by atoms with E-state index in [1.165, 1.54) is 0 Å². The molecule has 2 aromatic carbocycles. The van der Waals surface area contributed by atoms with Gasteiger partial charge in [0.15, 0.2) is 0 Å². The molecule has 1 amide bonds. The van der Waals surface area contributed by atoms with Gasteiger partial charge in [0, 0.05) is 22.1 Å². The van der Waals surface area contributed by atoms with Crippen molar-refractivity contribution in [1.29, 1.82) is 0 Å². The van der Waals surface area contributed by atoms with Gasteiger partial charge in [-0.1, -0.05) is 0 Å². The van der Waals surface area contributed by atoms with Crippen LogP contribution < -0.4 is 10.6 Å². The summed E-state index contributed by atoms with van der Waals surface area (Å²) in [6.45, 7) is 0.372. The quantitative estimate of drug-likeness (QED) is 0.331. The van der Waals surface area contributed by atoms with Gasteiger partial charge in [0.25, 0.3) is 5.91 Å². The summed E-state index contributed by atoms with van der Waals surface area (Å²) in [6, 6.07) is 1.90. The molecule has 0 bridgehead atoms. The van der Waals surface area contributed by atoms with Crippen LogP contribution in [-0.2, 0) is 11.8 Å². The molecule has 2 N–H and O–H groups in total. The van der Waals surface area contributed by atoms with Gasteiger partial charge in [-0.15, -0.1) is 0 Å². The summed E-state index contributed by atoms with van der Waals surface area (Å²) < 4.78 is 147. The molecule has 15 heteroatoms. The third kappa shape index (κ3) is 5.54. The predicted molar refractivity (Wildman–Crippen MR) is 110 cm³/mol. The highest BCUT2D eigenvalue weighted by atomic mass is 79.9. The van der Waals surface area contributed by atoms with Crippen LogP contribution in [0.4, 0.5) is 59.7 Å². The number of carbonyl (C=O) groups excluding carboxylic acids is 1. The van der Waals surface area contributed by atoms with Gasteiger partial charge < -0.3 is 10.6 Å². The third-order valence-corrected chi connectivity index (χ3v) is 5.95. The molecule has 0 saturated heterocycles. The number of alkyl halides is 10. The lowest BCUT2D eigenvalue weighted by molar-refractivity contribution is -0.348. The Labute approximate surface area is 204 Å². The van der Waals surface area contributed by atoms with E-state index >= 15 is 0 Å². The molecule has 3 rings (SSSR count). The first-order valence-corrected chi connectivity index (χ1v) is 10.7. The Hall–Kier alpha value is -2.58. The fraction of sp³-hybridized carbons (Fsp3) is 0.381. The lowest BCUT2D eigenvalue weighted by atomic mass is 9.92. The Bertz CT molecular complexity index is 1140. The van der Waals surface area contributed by atoms with Crippen LogP contribution in [-0.4, -0.2) is 24.8 Å². The predicted octanol–water partition coefficient (Wildman–Crippen LogP) is 7.97. The number of hydrogen-bond donors (Lipinski definition) is 2. The molecule has 2 aromatic rings. The van der Waals surface area contributed by atoms with E-state index in [0.717, 1.165) is 31.0 Å². The van der Waals surface area contributed by atoms with Crippen molar-refractivity contribution < 1.29 is 53.1 Å². The van der Waals surface area contributed by atoms with Gasteiger partial charge in [-0.2, -0.15) is 39.5 Å². The SMILES string of the molecule is O=C(Nc1c(Br)cc(C(F)(C(F)(F)F)C(F)(F)F)cc1C(F)(F)F)c1ccc(F)c(NCC2CC2)c1. The second-order valence-electron chi connectivity index (χ2n) is 8.01. The molecule has 1 aliphatic rings. The van der Waals surface area contributed by atoms with Crippen molar-refractivity contribution in [1.82, 2.24) is 0 Å². The molecule has 0 aromatic heterocycles. The van der Waals surface area contributed by atoms with E-state index < -0.39 is 63.3 Å². The summed E-state index contributed by atoms with van der Waals surface area (Å²) in [5.74, 6) is -1.77. The van der Waals surface area contributed by atoms with Crippen LogP contribution in [0.3, 0.4) is 0 Å². The molecular formula is C21H14BrF11N2O. The molecule has 0 unspecified atom stereocenters. The lowest BCUT2D eigenvalue weighted by Crippen LogP contribution is -2.50. The minimum absolute atomic E-state index is 0.141. The van der Waals surface area contributed by atoms with E-state index in [9.17, 15) is 53.1 Å². The maximum atomic E-state index is 14.4. The summed E-state index contributed by atoms with van der Waals surface area (Å²) in [6.07, 6.45) is -17.1. The van der Waals surface area contributed by atoms with Crippen molar-refractivity contribution in [2.75, 3.05) is 17.2 Å². The summed E-state index contributed by atoms with van der Waals surface area (Å²) in [5, 5.41) is 4.48. The fourth-order valence-electron chi connectivity index (χ4n) is 3.21. The molecule has 0 heterocycles. The summed E-state index contributed by atoms with van der Waals surface area (Å²) >= 11 is 2.40. The van der Waals surface area contributed by atoms with Crippen molar-refractivity contribution in [2.45, 2.75) is 37.0 Å². The molecule has 0 radical (unpaired) electrons. The zero-order valence-corrected chi connectivity index (χ0v) is 19.1. The smallest absolute Gasteiger partial charge is 0.382 e. The highest BCUT2D eigenvalue weighted by Crippen LogP contribution is 2.55. The van der Waals surface area contributed by atoms with Crippen molar-refractivity contribution >= 4 is 33.2 Å². The van der Waals surface area contributed by atoms with Crippen LogP contribution in [0.2, 0.25) is 0 Å². The number of halogens is 12. The van der Waals surface area contributed by atoms with E-state index in [1.54, 1.807) is 5.32 Å². The van der Waals surface area contributed by atoms with Crippen LogP contribution in [0, 0.1) is 11.7 Å². The van der Waals surface area contributed by atoms with Crippen LogP contribution in [0.15, 0.2) is 34.8 Å². The Morgan fingerprint density at radius 1 is 0.917 bits per heavy atom. The Morgan fingerprint density at radius 2 is 1.50 bits per heavy atom. The normalized spacial score (nSPS) is 15.1. The highest BCUT2D eigenvalue weighted by Gasteiger charge is 2.73. The van der Waals surface area contributed by atoms with Crippen LogP contribution in [0.25, 0.3) is 0 Å². The maximum absolute atomic E-state index is 14.4. The first-order valence-electron chi connectivity index (χ1n) is 9.94. The van der Waals surface area contributed by atoms with Gasteiger partial charge in [-0.25, -0.2) is 8.78 Å². The van der Waals surface area contributed by atoms with Crippen molar-refractivity contribution in [2.24, 2.45) is 5.92 Å². The second kappa shape index (κ2) is 9.38. The first kappa shape index (κ1) is 28.0. The molecule has 198 valence electrons. The topological polar surface area (TPSA) is 41.1 Å². The first-order chi connectivity index (χ1) is 16.4. The van der Waals surface area contributed by atoms with Gasteiger partial charge >= 0.3 is 24.2 Å². The fourth-order valence-corrected chi connectivity index (χ4v) is 3.77. The maximum Gasteiger partial charge on any atom is 0.435 e. The van der Waals surface area contributed by atoms with E-state index in [1.807, 2.05) is 0 Å². The Kier molecular flexibility index (Phi) is 7.29. The molecule has 0 spiro atoms. The van der Waals surface area contributed by atoms with E-state index in [0.29, 0.717) is 12.5 Å². The number of rotatable bonds is 6. The van der Waals surface area contributed by atoms with Crippen molar-refractivity contribution in [3.05, 3.63) is 57.3 Å². The van der Waals surface area contributed by atoms with Gasteiger partial charge in [0.05, 0.1) is 16.9 Å². The molecule has 1 aliphatic carbocycles. The number of nitrogens with one attached hydrogen (secondary N) is 2. The Balaban J connectivity index is 2.04. The van der Waals surface area contributed by atoms with Gasteiger partial charge in [-0.3, -0.25) is 4.79 Å². The van der Waals surface area contributed by atoms with Gasteiger partial charge in [0.1, 0.15) is 5.82 Å². The summed E-state index contributed by atoms with van der Waals surface area (Å²) in [4.78, 5) is 12.6. The standard InChI is InChI=1S/C21H14BrF11N2O/c22-13-7-11(18(24,20(28,29)30)21(31,32)33)6-12(19(25,26)27)16(13)35-17(36)10-3-4-14(23)15(5-10)34-8-9-1-2-9/h3-7,9,34H,1-2,8H2,(H,35,36). The number of hydrogen-bond acceptors (Lipinski definition) is 2. The van der Waals surface area contributed by atoms with Gasteiger partial charge in [-0.05, 0) is 65.0 Å². The third-order valence-electron chi connectivity index (χ3n) is 5.32. The summed E-state index contributed by atoms with van der Waals surface area (Å²) in [5.41, 5.74) is -12.5. The molecular weight excluding hydrogens is 585 g/mol. The zero-order valence-electron chi connectivity index (χ0n) is 17.5. The minimum atomic E-state index is -6.66. The van der Waals surface area contributed by atoms with Crippen LogP contribution >= 0.6 is 15.9 Å². The van der Waals surface area contributed by atoms with Crippen molar-refractivity contribution in [3.8, 4) is 0 Å². The lowest BCUT2D eigenvalue weighted by Gasteiger charge is -2.31. The zero-order chi connectivity index (χ0) is 27.3. The van der Waals surface area contributed by atoms with Gasteiger partial charge in [0.2, 0.25) is 0 Å². The second-order valence-corrected chi connectivity index (χ2v) is 8.86. The summed E-state index contributed by atoms with van der Waals surface area (Å²) in [7, 11) is 0. The number of benzene rings is 2. The molecule has 3 nitrogen and oxygen atoms in total. The van der Waals surface area contributed by atoms with Crippen LogP contribution in [0.5, 0.6) is 0 Å². The van der Waals surface area contributed by atoms with E-state index in [-0.39, 0.29) is 17.3 Å². The molecule has 0 aliphatic heterocycles. The van der Waals surface area contributed by atoms with Crippen molar-refractivity contribution in [3.63, 3.8) is 0 Å². The monoisotopic (exact) mass is 598 g/mol. The van der Waals surface area contributed by atoms with E-state index in [2.05, 4.69) is 21.2 Å². The molecule has 1 fully saturated rings. The Morgan fingerprint density at radius 3 is 2.00 bits per heavy atom. The number of carbonyl (C=O) groups is 1. The molecule has 36 heavy (non-hydrogen) atoms. The highest BCUT2D eigenvalue weighted by molar-refractivity contribution is 9.10. The number of amides is 1. The average molecular weight is 599 g/mol. The number of anilines is 2. The minimum Gasteiger partial charge on any atom is -0.382 e. The van der Waals surface area contributed by atoms with E-state index in [4.69, 9.17) is 0 Å². The largest absolute Gasteiger partial charge is 0.435 e. The van der Waals surface area contributed by atoms with Crippen LogP contribution in [0.1, 0.15) is 34.3 Å². The molecule has 0 atom stereocenters.